The third-order valence-electron chi connectivity index (χ3n) is 5.88. The van der Waals surface area contributed by atoms with E-state index in [1.54, 1.807) is 0 Å². The Balaban J connectivity index is 1.45. The van der Waals surface area contributed by atoms with E-state index in [1.807, 2.05) is 17.0 Å². The fraction of sp³-hybridized carbons (Fsp3) is 0.417. The van der Waals surface area contributed by atoms with Gasteiger partial charge in [-0.15, -0.1) is 0 Å². The number of hydrogen-bond donors (Lipinski definition) is 1. The van der Waals surface area contributed by atoms with Crippen LogP contribution in [0.3, 0.4) is 0 Å². The van der Waals surface area contributed by atoms with E-state index in [-0.39, 0.29) is 11.8 Å². The van der Waals surface area contributed by atoms with Gasteiger partial charge in [0.2, 0.25) is 5.91 Å². The number of piperazine rings is 1. The first kappa shape index (κ1) is 19.5. The minimum Gasteiger partial charge on any atom is -0.368 e. The van der Waals surface area contributed by atoms with Crippen molar-refractivity contribution in [2.24, 2.45) is 0 Å². The number of aryl methyl sites for hydroxylation is 1. The quantitative estimate of drug-likeness (QED) is 0.849. The lowest BCUT2D eigenvalue weighted by atomic mass is 9.99. The van der Waals surface area contributed by atoms with Crippen LogP contribution in [0.15, 0.2) is 42.5 Å². The zero-order chi connectivity index (χ0) is 20.4. The number of nitrogens with zero attached hydrogens (tertiary/aromatic N) is 2. The van der Waals surface area contributed by atoms with Crippen LogP contribution in [0.5, 0.6) is 0 Å². The van der Waals surface area contributed by atoms with E-state index in [0.29, 0.717) is 25.6 Å². The van der Waals surface area contributed by atoms with Gasteiger partial charge in [0.1, 0.15) is 0 Å². The van der Waals surface area contributed by atoms with Crippen molar-refractivity contribution in [3.05, 3.63) is 64.7 Å². The van der Waals surface area contributed by atoms with Crippen molar-refractivity contribution < 1.29 is 9.59 Å². The van der Waals surface area contributed by atoms with Crippen LogP contribution in [0.2, 0.25) is 0 Å². The van der Waals surface area contributed by atoms with Gasteiger partial charge in [0.25, 0.3) is 5.91 Å². The van der Waals surface area contributed by atoms with Crippen molar-refractivity contribution in [3.8, 4) is 0 Å². The molecule has 1 saturated carbocycles. The molecule has 1 saturated heterocycles. The highest BCUT2D eigenvalue weighted by atomic mass is 16.2. The first-order valence-corrected chi connectivity index (χ1v) is 10.5. The number of rotatable bonds is 5. The summed E-state index contributed by atoms with van der Waals surface area (Å²) in [5, 5.41) is 2.89. The first-order chi connectivity index (χ1) is 14.0. The topological polar surface area (TPSA) is 52.7 Å². The van der Waals surface area contributed by atoms with Crippen LogP contribution in [0, 0.1) is 6.92 Å². The predicted molar refractivity (Wildman–Crippen MR) is 115 cm³/mol. The molecule has 0 radical (unpaired) electrons. The molecule has 0 spiro atoms. The van der Waals surface area contributed by atoms with Crippen LogP contribution in [-0.2, 0) is 11.3 Å². The standard InChI is InChI=1S/C24H29N3O2/c1-17-7-10-21(19-8-9-19)22(15-17)24(29)27-13-11-26(12-14-27)23-6-4-3-5-20(23)16-25-18(2)28/h3-7,10,15,19H,8-9,11-14,16H2,1-2H3,(H,25,28). The monoisotopic (exact) mass is 391 g/mol. The Morgan fingerprint density at radius 3 is 2.45 bits per heavy atom. The summed E-state index contributed by atoms with van der Waals surface area (Å²) in [6.07, 6.45) is 2.39. The van der Waals surface area contributed by atoms with E-state index < -0.39 is 0 Å². The van der Waals surface area contributed by atoms with Crippen LogP contribution in [-0.4, -0.2) is 42.9 Å². The lowest BCUT2D eigenvalue weighted by Crippen LogP contribution is -2.49. The highest BCUT2D eigenvalue weighted by Gasteiger charge is 2.30. The van der Waals surface area contributed by atoms with Crippen molar-refractivity contribution in [3.63, 3.8) is 0 Å². The number of nitrogens with one attached hydrogen (secondary N) is 1. The van der Waals surface area contributed by atoms with E-state index in [9.17, 15) is 9.59 Å². The number of hydrogen-bond acceptors (Lipinski definition) is 3. The Morgan fingerprint density at radius 1 is 1.03 bits per heavy atom. The van der Waals surface area contributed by atoms with Gasteiger partial charge in [0.05, 0.1) is 0 Å². The summed E-state index contributed by atoms with van der Waals surface area (Å²) >= 11 is 0. The number of benzene rings is 2. The molecule has 2 amide bonds. The van der Waals surface area contributed by atoms with Gasteiger partial charge in [-0.1, -0.05) is 35.9 Å². The molecule has 1 heterocycles. The number of para-hydroxylation sites is 1. The molecule has 0 unspecified atom stereocenters. The summed E-state index contributed by atoms with van der Waals surface area (Å²) < 4.78 is 0. The molecule has 0 bridgehead atoms. The van der Waals surface area contributed by atoms with Crippen LogP contribution in [0.4, 0.5) is 5.69 Å². The van der Waals surface area contributed by atoms with Gasteiger partial charge in [0, 0.05) is 50.9 Å². The molecule has 5 nitrogen and oxygen atoms in total. The number of carbonyl (C=O) groups is 2. The first-order valence-electron chi connectivity index (χ1n) is 10.5. The molecule has 2 aliphatic rings. The molecular weight excluding hydrogens is 362 g/mol. The maximum Gasteiger partial charge on any atom is 0.254 e. The van der Waals surface area contributed by atoms with Gasteiger partial charge < -0.3 is 15.1 Å². The molecule has 2 aromatic carbocycles. The summed E-state index contributed by atoms with van der Waals surface area (Å²) in [5.41, 5.74) is 5.51. The largest absolute Gasteiger partial charge is 0.368 e. The van der Waals surface area contributed by atoms with Crippen LogP contribution >= 0.6 is 0 Å². The molecule has 1 aliphatic heterocycles. The Labute approximate surface area is 172 Å². The van der Waals surface area contributed by atoms with Gasteiger partial charge in [0.15, 0.2) is 0 Å². The summed E-state index contributed by atoms with van der Waals surface area (Å²) in [6.45, 7) is 7.14. The fourth-order valence-corrected chi connectivity index (χ4v) is 4.11. The Bertz CT molecular complexity index is 912. The average Bonchev–Trinajstić information content (AvgIpc) is 3.57. The average molecular weight is 392 g/mol. The second kappa shape index (κ2) is 8.27. The maximum absolute atomic E-state index is 13.3. The highest BCUT2D eigenvalue weighted by molar-refractivity contribution is 5.96. The normalized spacial score (nSPS) is 16.6. The third kappa shape index (κ3) is 4.44. The SMILES string of the molecule is CC(=O)NCc1ccccc1N1CCN(C(=O)c2cc(C)ccc2C2CC2)CC1. The van der Waals surface area contributed by atoms with Gasteiger partial charge in [-0.25, -0.2) is 0 Å². The zero-order valence-electron chi connectivity index (χ0n) is 17.3. The lowest BCUT2D eigenvalue weighted by Gasteiger charge is -2.37. The lowest BCUT2D eigenvalue weighted by molar-refractivity contribution is -0.119. The smallest absolute Gasteiger partial charge is 0.254 e. The molecule has 5 heteroatoms. The van der Waals surface area contributed by atoms with Gasteiger partial charge in [-0.2, -0.15) is 0 Å². The van der Waals surface area contributed by atoms with Crippen molar-refractivity contribution >= 4 is 17.5 Å². The second-order valence-electron chi connectivity index (χ2n) is 8.18. The molecule has 2 fully saturated rings. The number of amides is 2. The van der Waals surface area contributed by atoms with Crippen molar-refractivity contribution in [2.75, 3.05) is 31.1 Å². The Morgan fingerprint density at radius 2 is 1.76 bits per heavy atom. The number of anilines is 1. The predicted octanol–water partition coefficient (Wildman–Crippen LogP) is 3.47. The second-order valence-corrected chi connectivity index (χ2v) is 8.18. The molecule has 152 valence electrons. The molecule has 0 aromatic heterocycles. The number of carbonyl (C=O) groups excluding carboxylic acids is 2. The van der Waals surface area contributed by atoms with Crippen molar-refractivity contribution in [1.29, 1.82) is 0 Å². The molecular formula is C24H29N3O2. The summed E-state index contributed by atoms with van der Waals surface area (Å²) in [4.78, 5) is 28.9. The third-order valence-corrected chi connectivity index (χ3v) is 5.88. The van der Waals surface area contributed by atoms with Gasteiger partial charge in [-0.05, 0) is 48.9 Å². The fourth-order valence-electron chi connectivity index (χ4n) is 4.11. The van der Waals surface area contributed by atoms with Crippen molar-refractivity contribution in [2.45, 2.75) is 39.2 Å². The highest BCUT2D eigenvalue weighted by Crippen LogP contribution is 2.42. The van der Waals surface area contributed by atoms with Gasteiger partial charge >= 0.3 is 0 Å². The molecule has 29 heavy (non-hydrogen) atoms. The minimum atomic E-state index is -0.0279. The minimum absolute atomic E-state index is 0.0279. The van der Waals surface area contributed by atoms with E-state index in [1.165, 1.54) is 25.3 Å². The van der Waals surface area contributed by atoms with Crippen LogP contribution in [0.25, 0.3) is 0 Å². The van der Waals surface area contributed by atoms with E-state index in [4.69, 9.17) is 0 Å². The van der Waals surface area contributed by atoms with E-state index in [0.717, 1.165) is 35.5 Å². The molecule has 4 rings (SSSR count). The van der Waals surface area contributed by atoms with Crippen LogP contribution < -0.4 is 10.2 Å². The molecule has 2 aromatic rings. The summed E-state index contributed by atoms with van der Waals surface area (Å²) in [5.74, 6) is 0.707. The molecule has 1 N–H and O–H groups in total. The Kier molecular flexibility index (Phi) is 5.56. The zero-order valence-corrected chi connectivity index (χ0v) is 17.3. The molecule has 1 aliphatic carbocycles. The van der Waals surface area contributed by atoms with E-state index >= 15 is 0 Å². The van der Waals surface area contributed by atoms with Crippen molar-refractivity contribution in [1.82, 2.24) is 10.2 Å². The maximum atomic E-state index is 13.3. The Hall–Kier alpha value is -2.82. The molecule has 0 atom stereocenters. The van der Waals surface area contributed by atoms with Crippen LogP contribution in [0.1, 0.15) is 52.7 Å². The summed E-state index contributed by atoms with van der Waals surface area (Å²) in [6, 6.07) is 14.5. The van der Waals surface area contributed by atoms with Gasteiger partial charge in [-0.3, -0.25) is 9.59 Å². The summed E-state index contributed by atoms with van der Waals surface area (Å²) in [7, 11) is 0. The van der Waals surface area contributed by atoms with E-state index in [2.05, 4.69) is 47.5 Å².